The molecule has 12 aromatic rings. The van der Waals surface area contributed by atoms with Crippen molar-refractivity contribution in [2.24, 2.45) is 0 Å². The number of morpholine rings is 1. The zero-order valence-electron chi connectivity index (χ0n) is 77.8. The van der Waals surface area contributed by atoms with Crippen molar-refractivity contribution >= 4 is 70.3 Å². The van der Waals surface area contributed by atoms with Gasteiger partial charge < -0.3 is 43.9 Å². The summed E-state index contributed by atoms with van der Waals surface area (Å²) in [6, 6.07) is 28.2. The van der Waals surface area contributed by atoms with Crippen molar-refractivity contribution in [3.05, 3.63) is 271 Å². The molecule has 2 N–H and O–H groups in total. The second-order valence-electron chi connectivity index (χ2n) is 35.8. The number of aliphatic hydroxyl groups excluding tert-OH is 2. The lowest BCUT2D eigenvalue weighted by atomic mass is 9.95. The number of pyridine rings is 1. The molecule has 6 saturated heterocycles. The summed E-state index contributed by atoms with van der Waals surface area (Å²) < 4.78 is 186. The number of benzene rings is 6. The molecule has 6 aliphatic rings. The Labute approximate surface area is 800 Å². The van der Waals surface area contributed by atoms with Gasteiger partial charge in [-0.3, -0.25) is 19.7 Å². The Morgan fingerprint density at radius 2 is 0.799 bits per heavy atom. The number of anilines is 3. The van der Waals surface area contributed by atoms with Crippen LogP contribution >= 0.6 is 22.7 Å². The van der Waals surface area contributed by atoms with Crippen LogP contribution in [0.3, 0.4) is 0 Å². The van der Waals surface area contributed by atoms with Crippen LogP contribution in [0.4, 0.5) is 84.9 Å². The minimum absolute atomic E-state index is 0.000578. The molecule has 6 aromatic heterocycles. The van der Waals surface area contributed by atoms with Gasteiger partial charge in [0.05, 0.1) is 132 Å². The Morgan fingerprint density at radius 1 is 0.424 bits per heavy atom. The number of carbonyl (C=O) groups excluding carboxylic acids is 3. The van der Waals surface area contributed by atoms with E-state index in [4.69, 9.17) is 38.9 Å². The van der Waals surface area contributed by atoms with E-state index in [0.29, 0.717) is 115 Å². The van der Waals surface area contributed by atoms with Crippen LogP contribution in [0.2, 0.25) is 0 Å². The van der Waals surface area contributed by atoms with Crippen LogP contribution in [-0.2, 0) is 57.1 Å². The lowest BCUT2D eigenvalue weighted by Gasteiger charge is -2.38. The fourth-order valence-electron chi connectivity index (χ4n) is 17.8. The van der Waals surface area contributed by atoms with Crippen LogP contribution in [0.1, 0.15) is 157 Å². The predicted molar refractivity (Wildman–Crippen MR) is 503 cm³/mol. The predicted octanol–water partition coefficient (Wildman–Crippen LogP) is 23.6. The number of alkyl halides is 12. The molecule has 6 aliphatic heterocycles. The summed E-state index contributed by atoms with van der Waals surface area (Å²) in [6.07, 6.45) is -12.7. The summed E-state index contributed by atoms with van der Waals surface area (Å²) in [7, 11) is 0. The van der Waals surface area contributed by atoms with Gasteiger partial charge in [0, 0.05) is 93.6 Å². The highest BCUT2D eigenvalue weighted by molar-refractivity contribution is 7.19. The largest absolute Gasteiger partial charge is 0.508 e. The van der Waals surface area contributed by atoms with Gasteiger partial charge in [-0.2, -0.15) is 39.5 Å². The Bertz CT molecular complexity index is 6810. The average molecular weight is 1960 g/mol. The van der Waals surface area contributed by atoms with Crippen molar-refractivity contribution in [2.75, 3.05) is 67.2 Å². The van der Waals surface area contributed by atoms with Crippen LogP contribution in [0, 0.1) is 69.2 Å². The van der Waals surface area contributed by atoms with Gasteiger partial charge in [0.2, 0.25) is 17.8 Å². The van der Waals surface area contributed by atoms with Gasteiger partial charge in [-0.25, -0.2) is 67.4 Å². The van der Waals surface area contributed by atoms with Crippen molar-refractivity contribution in [2.45, 2.75) is 177 Å². The topological polar surface area (TPSA) is 264 Å². The Morgan fingerprint density at radius 3 is 1.17 bits per heavy atom. The number of nitrogens with zero attached hydrogens (tertiary/aromatic N) is 15. The molecule has 18 rings (SSSR count). The highest BCUT2D eigenvalue weighted by atomic mass is 32.1. The van der Waals surface area contributed by atoms with Gasteiger partial charge in [0.25, 0.3) is 5.92 Å². The summed E-state index contributed by atoms with van der Waals surface area (Å²) in [5.41, 5.74) is 14.6. The molecule has 139 heavy (non-hydrogen) atoms. The zero-order valence-corrected chi connectivity index (χ0v) is 79.5. The van der Waals surface area contributed by atoms with E-state index in [1.165, 1.54) is 55.4 Å². The van der Waals surface area contributed by atoms with Gasteiger partial charge in [0.1, 0.15) is 46.0 Å². The molecule has 38 heteroatoms. The highest BCUT2D eigenvalue weighted by Gasteiger charge is 2.49. The van der Waals surface area contributed by atoms with Crippen LogP contribution in [0.25, 0.3) is 75.8 Å². The van der Waals surface area contributed by atoms with Crippen LogP contribution < -0.4 is 14.7 Å². The summed E-state index contributed by atoms with van der Waals surface area (Å²) in [5, 5.41) is 21.1. The summed E-state index contributed by atoms with van der Waals surface area (Å²) in [5.74, 6) is -2.04. The number of aryl methyl sites for hydroxylation is 10. The van der Waals surface area contributed by atoms with E-state index in [9.17, 15) is 77.3 Å². The number of ether oxygens (including phenoxy) is 4. The molecule has 6 fully saturated rings. The molecule has 24 nitrogen and oxygen atoms in total. The third-order valence-electron chi connectivity index (χ3n) is 25.2. The third kappa shape index (κ3) is 21.1. The van der Waals surface area contributed by atoms with Crippen LogP contribution in [-0.4, -0.2) is 171 Å². The maximum absolute atomic E-state index is 13.7. The highest BCUT2D eigenvalue weighted by Crippen LogP contribution is 2.48. The van der Waals surface area contributed by atoms with Gasteiger partial charge in [-0.05, 0) is 184 Å². The molecule has 0 bridgehead atoms. The first-order valence-corrected chi connectivity index (χ1v) is 46.1. The normalized spacial score (nSPS) is 18.8. The quantitative estimate of drug-likeness (QED) is 0.0408. The second kappa shape index (κ2) is 38.6. The fraction of sp³-hybridized carbons (Fsp3) is 0.347. The molecule has 0 spiro atoms. The second-order valence-corrected chi connectivity index (χ2v) is 37.8. The lowest BCUT2D eigenvalue weighted by Crippen LogP contribution is -2.57. The molecule has 0 saturated carbocycles. The van der Waals surface area contributed by atoms with E-state index in [0.717, 1.165) is 108 Å². The number of aliphatic hydroxyl groups is 2. The minimum Gasteiger partial charge on any atom is -0.508 e. The van der Waals surface area contributed by atoms with Gasteiger partial charge in [-0.1, -0.05) is 96.1 Å². The smallest absolute Gasteiger partial charge is 0.416 e. The van der Waals surface area contributed by atoms with Crippen molar-refractivity contribution in [3.8, 4) is 64.3 Å². The van der Waals surface area contributed by atoms with Crippen molar-refractivity contribution in [1.29, 1.82) is 0 Å². The monoisotopic (exact) mass is 1960 g/mol. The Hall–Kier alpha value is -13.6. The first-order valence-electron chi connectivity index (χ1n) is 44.5. The lowest BCUT2D eigenvalue weighted by molar-refractivity contribution is -0.138. The first-order chi connectivity index (χ1) is 65.6. The van der Waals surface area contributed by atoms with Crippen molar-refractivity contribution < 1.29 is 96.2 Å². The molecule has 0 radical (unpaired) electrons. The summed E-state index contributed by atoms with van der Waals surface area (Å²) in [4.78, 5) is 92.9. The fourth-order valence-corrected chi connectivity index (χ4v) is 20.2. The molecule has 6 atom stereocenters. The maximum Gasteiger partial charge on any atom is 0.416 e. The molecule has 726 valence electrons. The standard InChI is InChI=1S/C34H33F4N5O2.C34H34F3N5O4S.C33H30F5N5O3S/c1-18-6-7-27(20(3)8-18)24-12-28(21(4)39-13-24)29-14-40-32(42-15-26(35)16-42)41-30(29)17-43-22(5)31(45-33(43)44)23-9-19(2)10-25(11-23)34(36,37)38;1-18-12-24(15-25(13-18)34(35,36)37)29-21(4)42(33(44)46-29)17-28-27(16-38-32(40-28)41-8-10-45-11-9-41)30-20(3)39-31(47-30)26-7-6-23(22(5)43)14-19(26)2;1-16-8-22(11-23(9-16)33(36,37)38)27-19(4)43(31(45)46-27)13-26-25(12-39-30(41-26)42-14-32(34,35)15-42)28-18(3)40-29(47-28)24-7-6-21(20(5)44)10-17(24)2/h6-14,22,26,31H,15-17H2,1-5H3;6-7,12-16,21,29,43H,5,8-11,17H2,1-4H3;6-12,19,27,44H,5,13-15H2,1-4H3/t22-,31-;21-,29-;19-,27-/m000/s1. The van der Waals surface area contributed by atoms with Gasteiger partial charge >= 0.3 is 36.8 Å². The summed E-state index contributed by atoms with van der Waals surface area (Å²) >= 11 is 2.81. The minimum atomic E-state index is -4.58. The first kappa shape index (κ1) is 98.4. The molecular weight excluding hydrogens is 1860 g/mol. The van der Waals surface area contributed by atoms with E-state index >= 15 is 0 Å². The van der Waals surface area contributed by atoms with Gasteiger partial charge in [0.15, 0.2) is 0 Å². The van der Waals surface area contributed by atoms with E-state index in [1.54, 1.807) is 95.2 Å². The van der Waals surface area contributed by atoms with E-state index in [1.807, 2.05) is 83.0 Å². The number of hydrogen-bond acceptors (Lipinski definition) is 23. The molecule has 6 aromatic carbocycles. The van der Waals surface area contributed by atoms with Crippen LogP contribution in [0.15, 0.2) is 153 Å². The average Bonchev–Trinajstić information content (AvgIpc) is 1.75. The number of hydrogen-bond donors (Lipinski definition) is 2. The number of cyclic esters (lactones) is 3. The summed E-state index contributed by atoms with van der Waals surface area (Å²) in [6.45, 7) is 32.0. The molecular formula is C101H97F12N15O9S2. The van der Waals surface area contributed by atoms with E-state index in [-0.39, 0.29) is 66.9 Å². The van der Waals surface area contributed by atoms with E-state index < -0.39 is 115 Å². The number of thiazole rings is 2. The van der Waals surface area contributed by atoms with Crippen molar-refractivity contribution in [3.63, 3.8) is 0 Å². The molecule has 3 amide bonds. The number of aromatic nitrogens is 9. The Kier molecular flexibility index (Phi) is 27.4. The number of halogens is 12. The maximum atomic E-state index is 13.7. The molecule has 0 unspecified atom stereocenters. The molecule has 12 heterocycles. The SMILES string of the molecule is C=C(O)c1ccc(-c2nc(C)c(-c3cnc(N4CC(F)(F)C4)nc3CN3C(=O)O[C@H](c4cc(C)cc(C(F)(F)F)c4)[C@@H]3C)s2)c(C)c1.C=C(O)c1ccc(-c2nc(C)c(-c3cnc(N4CCOCC4)nc3CN3C(=O)O[C@H](c4cc(C)cc(C(F)(F)F)c4)[C@@H]3C)s2)c(C)c1.Cc1cc([C@H]2OC(=O)N(Cc3nc(N4CC(F)C4)ncc3-c3cc(-c4ccc(C)cc4C)cnc3C)[C@H]2C)cc(C(F)(F)F)c1. The van der Waals surface area contributed by atoms with Crippen molar-refractivity contribution in [1.82, 2.24) is 59.6 Å². The van der Waals surface area contributed by atoms with E-state index in [2.05, 4.69) is 50.2 Å². The van der Waals surface area contributed by atoms with Gasteiger partial charge in [-0.15, -0.1) is 22.7 Å². The number of carbonyl (C=O) groups is 3. The van der Waals surface area contributed by atoms with Crippen LogP contribution in [0.5, 0.6) is 0 Å². The molecule has 0 aliphatic carbocycles. The number of rotatable bonds is 20. The third-order valence-corrected chi connectivity index (χ3v) is 27.7. The number of amides is 3. The zero-order chi connectivity index (χ0) is 99.8. The Balaban J connectivity index is 0.000000151.